The van der Waals surface area contributed by atoms with Crippen LogP contribution >= 0.6 is 0 Å². The topological polar surface area (TPSA) is 148 Å². The first-order valence-electron chi connectivity index (χ1n) is 4.19. The van der Waals surface area contributed by atoms with E-state index in [1.165, 1.54) is 0 Å². The van der Waals surface area contributed by atoms with Gasteiger partial charge in [-0.25, -0.2) is 0 Å². The van der Waals surface area contributed by atoms with E-state index < -0.39 is 40.7 Å². The molecule has 0 radical (unpaired) electrons. The lowest BCUT2D eigenvalue weighted by molar-refractivity contribution is -0.792. The summed E-state index contributed by atoms with van der Waals surface area (Å²) in [5, 5.41) is 32.7. The summed E-state index contributed by atoms with van der Waals surface area (Å²) in [4.78, 5) is 29.5. The number of rotatable bonds is 2. The second-order valence-electron chi connectivity index (χ2n) is 3.09. The van der Waals surface area contributed by atoms with Gasteiger partial charge < -0.3 is 14.7 Å². The van der Waals surface area contributed by atoms with Gasteiger partial charge >= 0.3 is 17.5 Å². The monoisotopic (exact) mass is 249 g/mol. The Morgan fingerprint density at radius 3 is 2.41 bits per heavy atom. The summed E-state index contributed by atoms with van der Waals surface area (Å²) in [5.41, 5.74) is -3.09. The van der Waals surface area contributed by atoms with Crippen LogP contribution in [0.3, 0.4) is 0 Å². The molecular formula is C6H7N3O8. The highest BCUT2D eigenvalue weighted by atomic mass is 16.7. The largest absolute Gasteiger partial charge is 0.619 e. The second kappa shape index (κ2) is 4.29. The van der Waals surface area contributed by atoms with Crippen molar-refractivity contribution >= 4 is 11.9 Å². The molecule has 0 aromatic carbocycles. The van der Waals surface area contributed by atoms with E-state index in [9.17, 15) is 30.2 Å². The lowest BCUT2D eigenvalue weighted by Crippen LogP contribution is -2.62. The maximum absolute atomic E-state index is 11.2. The number of carbonyl (C=O) groups excluding carboxylic acids is 1. The molecule has 0 spiro atoms. The van der Waals surface area contributed by atoms with Crippen molar-refractivity contribution in [2.45, 2.75) is 12.6 Å². The summed E-state index contributed by atoms with van der Waals surface area (Å²) in [6, 6.07) is 0. The van der Waals surface area contributed by atoms with Gasteiger partial charge in [-0.1, -0.05) is 0 Å². The Labute approximate surface area is 93.1 Å². The third kappa shape index (κ3) is 1.99. The Bertz CT molecular complexity index is 401. The van der Waals surface area contributed by atoms with Crippen LogP contribution in [0.2, 0.25) is 0 Å². The molecule has 0 saturated heterocycles. The third-order valence-electron chi connectivity index (χ3n) is 1.93. The average molecular weight is 249 g/mol. The molecule has 94 valence electrons. The van der Waals surface area contributed by atoms with Gasteiger partial charge in [0, 0.05) is 6.92 Å². The predicted octanol–water partition coefficient (Wildman–Crippen LogP) is -1.30. The molecule has 0 saturated carbocycles. The highest BCUT2D eigenvalue weighted by molar-refractivity contribution is 5.89. The number of nitrogens with zero attached hydrogens (tertiary/aromatic N) is 3. The van der Waals surface area contributed by atoms with Crippen molar-refractivity contribution in [1.82, 2.24) is 0 Å². The number of carbonyl (C=O) groups is 1. The van der Waals surface area contributed by atoms with E-state index in [1.54, 1.807) is 0 Å². The number of hydrogen-bond acceptors (Lipinski definition) is 8. The minimum atomic E-state index is -3.09. The van der Waals surface area contributed by atoms with Gasteiger partial charge in [-0.3, -0.25) is 25.0 Å². The second-order valence-corrected chi connectivity index (χ2v) is 3.09. The molecule has 1 aliphatic rings. The van der Waals surface area contributed by atoms with Gasteiger partial charge in [0.25, 0.3) is 6.73 Å². The predicted molar refractivity (Wildman–Crippen MR) is 47.9 cm³/mol. The van der Waals surface area contributed by atoms with Crippen molar-refractivity contribution < 1.29 is 28.9 Å². The summed E-state index contributed by atoms with van der Waals surface area (Å²) >= 11 is 0. The van der Waals surface area contributed by atoms with Gasteiger partial charge in [0.15, 0.2) is 0 Å². The first-order valence-corrected chi connectivity index (χ1v) is 4.19. The molecular weight excluding hydrogens is 242 g/mol. The van der Waals surface area contributed by atoms with Crippen molar-refractivity contribution in [3.63, 3.8) is 0 Å². The minimum absolute atomic E-state index is 0.240. The maximum Gasteiger partial charge on any atom is 0.600 e. The quantitative estimate of drug-likeness (QED) is 0.146. The maximum atomic E-state index is 11.2. The molecule has 0 aliphatic carbocycles. The van der Waals surface area contributed by atoms with Crippen LogP contribution in [-0.4, -0.2) is 45.5 Å². The van der Waals surface area contributed by atoms with Crippen molar-refractivity contribution in [3.8, 4) is 0 Å². The summed E-state index contributed by atoms with van der Waals surface area (Å²) in [7, 11) is 0. The van der Waals surface area contributed by atoms with Gasteiger partial charge in [-0.2, -0.15) is 0 Å². The first kappa shape index (κ1) is 12.8. The smallest absolute Gasteiger partial charge is 0.600 e. The van der Waals surface area contributed by atoms with E-state index in [2.05, 4.69) is 9.47 Å². The van der Waals surface area contributed by atoms with E-state index in [4.69, 9.17) is 0 Å². The van der Waals surface area contributed by atoms with Crippen LogP contribution in [0.25, 0.3) is 0 Å². The summed E-state index contributed by atoms with van der Waals surface area (Å²) in [5.74, 6) is -2.28. The molecule has 0 atom stereocenters. The Kier molecular flexibility index (Phi) is 3.22. The lowest BCUT2D eigenvalue weighted by atomic mass is 10.2. The minimum Gasteiger partial charge on any atom is -0.619 e. The molecule has 0 aromatic rings. The number of nitro groups is 2. The van der Waals surface area contributed by atoms with Crippen LogP contribution in [0, 0.1) is 25.4 Å². The van der Waals surface area contributed by atoms with E-state index in [0.717, 1.165) is 6.92 Å². The molecule has 0 bridgehead atoms. The summed E-state index contributed by atoms with van der Waals surface area (Å²) < 4.78 is 8.48. The van der Waals surface area contributed by atoms with Crippen molar-refractivity contribution in [3.05, 3.63) is 25.4 Å². The van der Waals surface area contributed by atoms with E-state index in [1.807, 2.05) is 0 Å². The number of ether oxygens (including phenoxy) is 2. The molecule has 0 fully saturated rings. The Balaban J connectivity index is 3.35. The van der Waals surface area contributed by atoms with Crippen LogP contribution in [0.15, 0.2) is 0 Å². The van der Waals surface area contributed by atoms with Gasteiger partial charge in [0.1, 0.15) is 9.85 Å². The molecule has 1 aliphatic heterocycles. The molecule has 1 heterocycles. The molecule has 0 N–H and O–H groups in total. The third-order valence-corrected chi connectivity index (χ3v) is 1.93. The van der Waals surface area contributed by atoms with Crippen LogP contribution < -0.4 is 0 Å². The van der Waals surface area contributed by atoms with Gasteiger partial charge in [0.2, 0.25) is 6.61 Å². The van der Waals surface area contributed by atoms with Crippen LogP contribution in [0.1, 0.15) is 6.92 Å². The highest BCUT2D eigenvalue weighted by Gasteiger charge is 2.72. The zero-order valence-electron chi connectivity index (χ0n) is 8.52. The van der Waals surface area contributed by atoms with Crippen LogP contribution in [-0.2, 0) is 14.3 Å². The number of esters is 1. The van der Waals surface area contributed by atoms with Crippen molar-refractivity contribution in [2.75, 3.05) is 13.3 Å². The van der Waals surface area contributed by atoms with Gasteiger partial charge in [0.05, 0.1) is 0 Å². The molecule has 0 amide bonds. The SMILES string of the molecule is CC(=O)OC1=[N+]([O-])COCC1([N+](=O)[O-])[N+](=O)[O-]. The molecule has 0 aromatic heterocycles. The number of hydroxylamine groups is 1. The molecule has 0 unspecified atom stereocenters. The van der Waals surface area contributed by atoms with Crippen molar-refractivity contribution in [1.29, 1.82) is 0 Å². The molecule has 17 heavy (non-hydrogen) atoms. The zero-order valence-corrected chi connectivity index (χ0v) is 8.52. The average Bonchev–Trinajstić information content (AvgIpc) is 2.19. The lowest BCUT2D eigenvalue weighted by Gasteiger charge is -2.20. The van der Waals surface area contributed by atoms with Crippen LogP contribution in [0.4, 0.5) is 0 Å². The Morgan fingerprint density at radius 2 is 2.00 bits per heavy atom. The summed E-state index contributed by atoms with van der Waals surface area (Å²) in [6.07, 6.45) is 0. The molecule has 1 rings (SSSR count). The highest BCUT2D eigenvalue weighted by Crippen LogP contribution is 2.19. The van der Waals surface area contributed by atoms with E-state index >= 15 is 0 Å². The van der Waals surface area contributed by atoms with Gasteiger partial charge in [-0.05, 0) is 0 Å². The fourth-order valence-electron chi connectivity index (χ4n) is 1.19. The molecule has 11 heteroatoms. The van der Waals surface area contributed by atoms with Gasteiger partial charge in [-0.15, -0.1) is 4.74 Å². The number of hydrogen-bond donors (Lipinski definition) is 0. The van der Waals surface area contributed by atoms with Crippen molar-refractivity contribution in [2.24, 2.45) is 0 Å². The summed E-state index contributed by atoms with van der Waals surface area (Å²) in [6.45, 7) is -0.818. The van der Waals surface area contributed by atoms with E-state index in [-0.39, 0.29) is 4.74 Å². The standard InChI is InChI=1S/C6H7N3O8/c1-4(10)17-5-6(8(12)13,9(14)15)2-16-3-7(5)11/h2-3H2,1H3. The first-order chi connectivity index (χ1) is 7.82. The molecule has 11 nitrogen and oxygen atoms in total. The Morgan fingerprint density at radius 1 is 1.47 bits per heavy atom. The fourth-order valence-corrected chi connectivity index (χ4v) is 1.19. The fraction of sp³-hybridized carbons (Fsp3) is 0.667. The van der Waals surface area contributed by atoms with Crippen LogP contribution in [0.5, 0.6) is 0 Å². The van der Waals surface area contributed by atoms with E-state index in [0.29, 0.717) is 0 Å². The zero-order chi connectivity index (χ0) is 13.2. The Hall–Kier alpha value is -2.30. The normalized spacial score (nSPS) is 18.6.